The van der Waals surface area contributed by atoms with Crippen LogP contribution in [0.1, 0.15) is 48.4 Å². The van der Waals surface area contributed by atoms with E-state index in [1.54, 1.807) is 33.8 Å². The smallest absolute Gasteiger partial charge is 0.289 e. The summed E-state index contributed by atoms with van der Waals surface area (Å²) in [7, 11) is 0. The molecule has 0 radical (unpaired) electrons. The van der Waals surface area contributed by atoms with Crippen LogP contribution >= 0.6 is 0 Å². The number of benzene rings is 1. The number of hydrogen-bond acceptors (Lipinski definition) is 5. The van der Waals surface area contributed by atoms with Crippen molar-refractivity contribution < 1.29 is 18.8 Å². The van der Waals surface area contributed by atoms with E-state index >= 15 is 0 Å². The molecule has 1 aliphatic rings. The van der Waals surface area contributed by atoms with Gasteiger partial charge in [0, 0.05) is 48.7 Å². The molecule has 0 aliphatic carbocycles. The molecule has 172 valence electrons. The molecule has 4 rings (SSSR count). The molecule has 1 aliphatic heterocycles. The van der Waals surface area contributed by atoms with Gasteiger partial charge in [-0.1, -0.05) is 18.2 Å². The first-order valence-corrected chi connectivity index (χ1v) is 11.0. The monoisotopic (exact) mass is 448 g/mol. The Labute approximate surface area is 192 Å². The third kappa shape index (κ3) is 4.90. The van der Waals surface area contributed by atoms with Gasteiger partial charge in [0.1, 0.15) is 5.76 Å². The van der Waals surface area contributed by atoms with Crippen molar-refractivity contribution in [1.29, 1.82) is 0 Å². The lowest BCUT2D eigenvalue weighted by Gasteiger charge is -2.33. The number of carbonyl (C=O) groups is 3. The molecule has 3 aromatic rings. The lowest BCUT2D eigenvalue weighted by molar-refractivity contribution is 0.0594. The molecule has 1 N–H and O–H groups in total. The predicted octanol–water partition coefficient (Wildman–Crippen LogP) is 3.03. The molecule has 1 saturated heterocycles. The molecule has 0 bridgehead atoms. The highest BCUT2D eigenvalue weighted by atomic mass is 16.3. The number of aryl methyl sites for hydroxylation is 2. The van der Waals surface area contributed by atoms with Crippen LogP contribution in [0, 0.1) is 20.8 Å². The second kappa shape index (κ2) is 9.46. The highest BCUT2D eigenvalue weighted by molar-refractivity contribution is 6.01. The Morgan fingerprint density at radius 2 is 1.64 bits per heavy atom. The van der Waals surface area contributed by atoms with Crippen molar-refractivity contribution in [3.63, 3.8) is 0 Å². The summed E-state index contributed by atoms with van der Waals surface area (Å²) in [5.74, 6) is 0.697. The molecule has 1 aromatic carbocycles. The molecule has 3 heterocycles. The summed E-state index contributed by atoms with van der Waals surface area (Å²) >= 11 is 0. The van der Waals surface area contributed by atoms with Crippen molar-refractivity contribution in [1.82, 2.24) is 14.5 Å². The molecule has 33 heavy (non-hydrogen) atoms. The molecule has 8 nitrogen and oxygen atoms in total. The average molecular weight is 449 g/mol. The minimum absolute atomic E-state index is 0.00949. The van der Waals surface area contributed by atoms with Gasteiger partial charge in [-0.15, -0.1) is 0 Å². The maximum absolute atomic E-state index is 13.0. The number of nitrogens with one attached hydrogen (secondary N) is 1. The van der Waals surface area contributed by atoms with E-state index in [2.05, 4.69) is 5.43 Å². The number of nitrogens with zero attached hydrogens (tertiary/aromatic N) is 3. The van der Waals surface area contributed by atoms with E-state index in [9.17, 15) is 14.4 Å². The molecule has 8 heteroatoms. The summed E-state index contributed by atoms with van der Waals surface area (Å²) < 4.78 is 7.10. The van der Waals surface area contributed by atoms with Gasteiger partial charge in [0.2, 0.25) is 0 Å². The topological polar surface area (TPSA) is 87.8 Å². The number of piperazine rings is 1. The minimum Gasteiger partial charge on any atom is -0.456 e. The zero-order valence-electron chi connectivity index (χ0n) is 19.1. The summed E-state index contributed by atoms with van der Waals surface area (Å²) in [6, 6.07) is 14.2. The first kappa shape index (κ1) is 22.5. The van der Waals surface area contributed by atoms with Crippen LogP contribution in [0.25, 0.3) is 0 Å². The molecular formula is C25H28N4O4. The Morgan fingerprint density at radius 1 is 0.939 bits per heavy atom. The molecule has 0 saturated carbocycles. The van der Waals surface area contributed by atoms with Crippen molar-refractivity contribution >= 4 is 17.6 Å². The molecular weight excluding hydrogens is 420 g/mol. The van der Waals surface area contributed by atoms with E-state index in [0.29, 0.717) is 54.5 Å². The van der Waals surface area contributed by atoms with Crippen LogP contribution in [0.4, 0.5) is 0 Å². The fourth-order valence-corrected chi connectivity index (χ4v) is 4.08. The lowest BCUT2D eigenvalue weighted by atomic mass is 10.1. The third-order valence-corrected chi connectivity index (χ3v) is 5.96. The molecule has 0 atom stereocenters. The second-order valence-electron chi connectivity index (χ2n) is 8.33. The first-order valence-electron chi connectivity index (χ1n) is 11.0. The largest absolute Gasteiger partial charge is 0.456 e. The highest BCUT2D eigenvalue weighted by Gasteiger charge is 2.26. The minimum atomic E-state index is -0.232. The Bertz CT molecular complexity index is 1170. The maximum atomic E-state index is 13.0. The van der Waals surface area contributed by atoms with Crippen molar-refractivity contribution in [2.24, 2.45) is 0 Å². The maximum Gasteiger partial charge on any atom is 0.289 e. The van der Waals surface area contributed by atoms with Crippen LogP contribution in [0.3, 0.4) is 0 Å². The van der Waals surface area contributed by atoms with Crippen LogP contribution in [-0.4, -0.2) is 64.8 Å². The number of rotatable bonds is 6. The lowest BCUT2D eigenvalue weighted by Crippen LogP contribution is -2.49. The number of ketones is 1. The zero-order valence-corrected chi connectivity index (χ0v) is 19.1. The van der Waals surface area contributed by atoms with Gasteiger partial charge in [-0.25, -0.2) is 0 Å². The highest BCUT2D eigenvalue weighted by Crippen LogP contribution is 2.17. The van der Waals surface area contributed by atoms with Crippen molar-refractivity contribution in [2.45, 2.75) is 20.8 Å². The summed E-state index contributed by atoms with van der Waals surface area (Å²) in [6.45, 7) is 8.06. The van der Waals surface area contributed by atoms with Gasteiger partial charge in [0.25, 0.3) is 11.8 Å². The van der Waals surface area contributed by atoms with Crippen LogP contribution in [0.2, 0.25) is 0 Å². The van der Waals surface area contributed by atoms with Gasteiger partial charge < -0.3 is 9.32 Å². The SMILES string of the molecule is Cc1ccc(C(=O)N2CCN(CC(=O)c3cc(C)n(NC(=O)c4ccccc4)c3C)CC2)o1. The summed E-state index contributed by atoms with van der Waals surface area (Å²) in [6.07, 6.45) is 0. The zero-order chi connectivity index (χ0) is 23.5. The standard InChI is InChI=1S/C25H28N4O4/c1-17-15-21(19(3)29(17)26-24(31)20-7-5-4-6-8-20)22(30)16-27-11-13-28(14-12-27)25(32)23-10-9-18(2)33-23/h4-10,15H,11-14,16H2,1-3H3,(H,26,31). The predicted molar refractivity (Wildman–Crippen MR) is 124 cm³/mol. The van der Waals surface area contributed by atoms with Crippen LogP contribution in [0.15, 0.2) is 52.9 Å². The fraction of sp³-hybridized carbons (Fsp3) is 0.320. The molecule has 2 aromatic heterocycles. The number of aromatic nitrogens is 1. The van der Waals surface area contributed by atoms with Crippen LogP contribution in [-0.2, 0) is 0 Å². The van der Waals surface area contributed by atoms with E-state index in [-0.39, 0.29) is 24.1 Å². The van der Waals surface area contributed by atoms with Crippen molar-refractivity contribution in [3.05, 3.63) is 82.6 Å². The fourth-order valence-electron chi connectivity index (χ4n) is 4.08. The number of furan rings is 1. The third-order valence-electron chi connectivity index (χ3n) is 5.96. The summed E-state index contributed by atoms with van der Waals surface area (Å²) in [4.78, 5) is 41.9. The summed E-state index contributed by atoms with van der Waals surface area (Å²) in [5, 5.41) is 0. The van der Waals surface area contributed by atoms with Gasteiger partial charge in [0.05, 0.1) is 6.54 Å². The van der Waals surface area contributed by atoms with Gasteiger partial charge >= 0.3 is 0 Å². The Hall–Kier alpha value is -3.65. The Morgan fingerprint density at radius 3 is 2.27 bits per heavy atom. The van der Waals surface area contributed by atoms with E-state index in [1.165, 1.54) is 0 Å². The average Bonchev–Trinajstić information content (AvgIpc) is 3.38. The number of hydrogen-bond donors (Lipinski definition) is 1. The second-order valence-corrected chi connectivity index (χ2v) is 8.33. The molecule has 0 unspecified atom stereocenters. The normalized spacial score (nSPS) is 14.3. The van der Waals surface area contributed by atoms with Crippen LogP contribution < -0.4 is 5.43 Å². The van der Waals surface area contributed by atoms with E-state index < -0.39 is 0 Å². The number of carbonyl (C=O) groups excluding carboxylic acids is 3. The van der Waals surface area contributed by atoms with Gasteiger partial charge in [0.15, 0.2) is 11.5 Å². The Kier molecular flexibility index (Phi) is 6.46. The van der Waals surface area contributed by atoms with Gasteiger partial charge in [-0.3, -0.25) is 29.4 Å². The quantitative estimate of drug-likeness (QED) is 0.586. The van der Waals surface area contributed by atoms with Crippen LogP contribution in [0.5, 0.6) is 0 Å². The summed E-state index contributed by atoms with van der Waals surface area (Å²) in [5.41, 5.74) is 5.49. The van der Waals surface area contributed by atoms with E-state index in [1.807, 2.05) is 49.9 Å². The van der Waals surface area contributed by atoms with Gasteiger partial charge in [-0.05, 0) is 51.1 Å². The first-order chi connectivity index (χ1) is 15.8. The van der Waals surface area contributed by atoms with E-state index in [4.69, 9.17) is 4.42 Å². The number of amides is 2. The van der Waals surface area contributed by atoms with Crippen molar-refractivity contribution in [3.8, 4) is 0 Å². The molecule has 2 amide bonds. The van der Waals surface area contributed by atoms with E-state index in [0.717, 1.165) is 5.69 Å². The van der Waals surface area contributed by atoms with Crippen molar-refractivity contribution in [2.75, 3.05) is 38.1 Å². The Balaban J connectivity index is 1.36. The molecule has 0 spiro atoms. The molecule has 1 fully saturated rings. The number of Topliss-reactive ketones (excluding diaryl/α,β-unsaturated/α-hetero) is 1. The van der Waals surface area contributed by atoms with Gasteiger partial charge in [-0.2, -0.15) is 0 Å².